The van der Waals surface area contributed by atoms with Crippen LogP contribution < -0.4 is 5.32 Å². The molecule has 1 amide bonds. The second-order valence-electron chi connectivity index (χ2n) is 23.2. The Balaban J connectivity index is 2.60. The molecule has 0 aliphatic carbocycles. The maximum Gasteiger partial charge on any atom is 0.306 e. The Morgan fingerprint density at radius 3 is 1.33 bits per heavy atom. The highest BCUT2D eigenvalue weighted by molar-refractivity contribution is 5.80. The lowest BCUT2D eigenvalue weighted by Gasteiger charge is -2.41. The largest absolute Gasteiger partial charge is 0.454 e. The van der Waals surface area contributed by atoms with Crippen LogP contribution in [-0.4, -0.2) is 99.6 Å². The molecule has 0 aromatic heterocycles. The van der Waals surface area contributed by atoms with Crippen LogP contribution in [-0.2, 0) is 23.8 Å². The predicted octanol–water partition coefficient (Wildman–Crippen LogP) is 16.2. The zero-order valence-electron chi connectivity index (χ0n) is 50.8. The lowest BCUT2D eigenvalue weighted by Crippen LogP contribution is -2.61. The van der Waals surface area contributed by atoms with E-state index in [2.05, 4.69) is 50.4 Å². The van der Waals surface area contributed by atoms with E-state index < -0.39 is 67.4 Å². The van der Waals surface area contributed by atoms with E-state index in [1.807, 2.05) is 6.08 Å². The Morgan fingerprint density at radius 1 is 0.500 bits per heavy atom. The summed E-state index contributed by atoms with van der Waals surface area (Å²) in [5, 5.41) is 57.1. The number of carbonyl (C=O) groups is 2. The Bertz CT molecular complexity index is 1410. The van der Waals surface area contributed by atoms with Gasteiger partial charge in [-0.2, -0.15) is 0 Å². The van der Waals surface area contributed by atoms with Gasteiger partial charge in [-0.05, 0) is 57.8 Å². The first kappa shape index (κ1) is 73.9. The lowest BCUT2D eigenvalue weighted by atomic mass is 9.99. The molecule has 11 heteroatoms. The molecular weight excluding hydrogens is 979 g/mol. The molecule has 458 valence electrons. The van der Waals surface area contributed by atoms with E-state index in [0.717, 1.165) is 64.2 Å². The van der Waals surface area contributed by atoms with Crippen molar-refractivity contribution < 1.29 is 49.3 Å². The zero-order chi connectivity index (χ0) is 56.8. The van der Waals surface area contributed by atoms with Crippen LogP contribution >= 0.6 is 0 Å². The van der Waals surface area contributed by atoms with Crippen LogP contribution in [0.15, 0.2) is 36.5 Å². The molecule has 1 rings (SSSR count). The van der Waals surface area contributed by atoms with Crippen molar-refractivity contribution in [2.75, 3.05) is 13.2 Å². The maximum atomic E-state index is 13.4. The fraction of sp³-hybridized carbons (Fsp3) is 0.881. The number of nitrogens with one attached hydrogen (secondary N) is 1. The molecule has 11 nitrogen and oxygen atoms in total. The smallest absolute Gasteiger partial charge is 0.306 e. The Labute approximate surface area is 479 Å². The fourth-order valence-corrected chi connectivity index (χ4v) is 10.5. The van der Waals surface area contributed by atoms with Gasteiger partial charge >= 0.3 is 5.97 Å². The first-order chi connectivity index (χ1) is 38.2. The summed E-state index contributed by atoms with van der Waals surface area (Å²) in [5.74, 6) is -1.18. The highest BCUT2D eigenvalue weighted by Crippen LogP contribution is 2.26. The highest BCUT2D eigenvalue weighted by atomic mass is 16.7. The third-order valence-corrected chi connectivity index (χ3v) is 15.8. The molecule has 1 heterocycles. The number of amides is 1. The summed E-state index contributed by atoms with van der Waals surface area (Å²) < 4.78 is 17.7. The second kappa shape index (κ2) is 55.4. The van der Waals surface area contributed by atoms with Gasteiger partial charge in [0, 0.05) is 6.42 Å². The van der Waals surface area contributed by atoms with Gasteiger partial charge in [0.05, 0.1) is 25.4 Å². The molecule has 0 aromatic rings. The number of unbranched alkanes of at least 4 members (excludes halogenated alkanes) is 39. The van der Waals surface area contributed by atoms with Crippen molar-refractivity contribution in [3.63, 3.8) is 0 Å². The van der Waals surface area contributed by atoms with E-state index in [-0.39, 0.29) is 13.0 Å². The van der Waals surface area contributed by atoms with Gasteiger partial charge in [0.15, 0.2) is 12.4 Å². The number of esters is 1. The van der Waals surface area contributed by atoms with Gasteiger partial charge in [0.25, 0.3) is 0 Å². The van der Waals surface area contributed by atoms with E-state index >= 15 is 0 Å². The standard InChI is InChI=1S/C67H125NO10/c1-4-7-10-13-16-19-22-25-26-27-28-29-30-31-32-33-34-37-40-43-46-49-52-55-62(72)78-65-64(74)63(73)61(56-69)77-67(65)76-57-58(59(70)53-50-47-44-41-38-35-23-20-17-14-11-8-5-2)68-66(75)60(71)54-51-48-45-42-39-36-24-21-18-15-12-9-6-3/h16,19,25-26,50,53,58-61,63-65,67,69-71,73-74H,4-15,17-18,20-24,27-49,51-52,54-57H2,1-3H3,(H,68,75)/b19-16-,26-25-,53-50+. The summed E-state index contributed by atoms with van der Waals surface area (Å²) in [4.78, 5) is 26.6. The molecule has 0 spiro atoms. The number of ether oxygens (including phenoxy) is 3. The molecular formula is C67H125NO10. The summed E-state index contributed by atoms with van der Waals surface area (Å²) in [6.45, 7) is 5.80. The third-order valence-electron chi connectivity index (χ3n) is 15.8. The number of carbonyl (C=O) groups excluding carboxylic acids is 2. The van der Waals surface area contributed by atoms with E-state index in [9.17, 15) is 35.1 Å². The first-order valence-electron chi connectivity index (χ1n) is 33.3. The van der Waals surface area contributed by atoms with Crippen LogP contribution in [0.25, 0.3) is 0 Å². The van der Waals surface area contributed by atoms with Gasteiger partial charge in [-0.25, -0.2) is 0 Å². The monoisotopic (exact) mass is 1100 g/mol. The molecule has 1 saturated heterocycles. The second-order valence-corrected chi connectivity index (χ2v) is 23.2. The minimum absolute atomic E-state index is 0.126. The van der Waals surface area contributed by atoms with Crippen LogP contribution in [0.2, 0.25) is 0 Å². The lowest BCUT2D eigenvalue weighted by molar-refractivity contribution is -0.305. The molecule has 0 aromatic carbocycles. The van der Waals surface area contributed by atoms with Crippen molar-refractivity contribution in [2.45, 2.75) is 365 Å². The quantitative estimate of drug-likeness (QED) is 0.0195. The molecule has 1 aliphatic heterocycles. The molecule has 0 saturated carbocycles. The van der Waals surface area contributed by atoms with Crippen molar-refractivity contribution >= 4 is 11.9 Å². The minimum atomic E-state index is -1.61. The SMILES string of the molecule is CCCCC/C=C\C/C=C\CCCCCCCCCCCCCCCC(=O)OC1C(OCC(NC(=O)C(O)CCCCCCCCCCCCCCC)C(O)/C=C/CCCCCCCCCCCCC)OC(CO)C(O)C1O. The maximum absolute atomic E-state index is 13.4. The minimum Gasteiger partial charge on any atom is -0.454 e. The van der Waals surface area contributed by atoms with Gasteiger partial charge < -0.3 is 45.1 Å². The van der Waals surface area contributed by atoms with Crippen molar-refractivity contribution in [3.8, 4) is 0 Å². The zero-order valence-corrected chi connectivity index (χ0v) is 50.8. The van der Waals surface area contributed by atoms with Crippen molar-refractivity contribution in [3.05, 3.63) is 36.5 Å². The molecule has 8 atom stereocenters. The van der Waals surface area contributed by atoms with Crippen molar-refractivity contribution in [1.29, 1.82) is 0 Å². The Morgan fingerprint density at radius 2 is 0.885 bits per heavy atom. The van der Waals surface area contributed by atoms with Crippen LogP contribution in [0.5, 0.6) is 0 Å². The highest BCUT2D eigenvalue weighted by Gasteiger charge is 2.47. The number of hydrogen-bond acceptors (Lipinski definition) is 10. The number of allylic oxidation sites excluding steroid dienone is 5. The Hall–Kier alpha value is -2.12. The summed E-state index contributed by atoms with van der Waals surface area (Å²) in [6, 6.07) is -1.02. The normalized spacial score (nSPS) is 19.1. The molecule has 1 fully saturated rings. The van der Waals surface area contributed by atoms with Crippen LogP contribution in [0.3, 0.4) is 0 Å². The van der Waals surface area contributed by atoms with Crippen molar-refractivity contribution in [2.24, 2.45) is 0 Å². The van der Waals surface area contributed by atoms with Gasteiger partial charge in [0.1, 0.15) is 24.4 Å². The predicted molar refractivity (Wildman–Crippen MR) is 324 cm³/mol. The van der Waals surface area contributed by atoms with Crippen LogP contribution in [0.1, 0.15) is 316 Å². The molecule has 1 aliphatic rings. The average Bonchev–Trinajstić information content (AvgIpc) is 3.44. The topological polar surface area (TPSA) is 175 Å². The number of aliphatic hydroxyl groups is 5. The summed E-state index contributed by atoms with van der Waals surface area (Å²) >= 11 is 0. The van der Waals surface area contributed by atoms with Gasteiger partial charge in [-0.15, -0.1) is 0 Å². The van der Waals surface area contributed by atoms with Crippen molar-refractivity contribution in [1.82, 2.24) is 5.32 Å². The summed E-state index contributed by atoms with van der Waals surface area (Å²) in [6.07, 6.45) is 56.1. The molecule has 6 N–H and O–H groups in total. The van der Waals surface area contributed by atoms with Crippen LogP contribution in [0, 0.1) is 0 Å². The van der Waals surface area contributed by atoms with E-state index in [1.165, 1.54) is 205 Å². The molecule has 0 radical (unpaired) electrons. The van der Waals surface area contributed by atoms with Crippen LogP contribution in [0.4, 0.5) is 0 Å². The summed E-state index contributed by atoms with van der Waals surface area (Å²) in [5.41, 5.74) is 0. The van der Waals surface area contributed by atoms with Gasteiger partial charge in [-0.3, -0.25) is 9.59 Å². The van der Waals surface area contributed by atoms with Gasteiger partial charge in [-0.1, -0.05) is 288 Å². The fourth-order valence-electron chi connectivity index (χ4n) is 10.5. The number of rotatable bonds is 57. The van der Waals surface area contributed by atoms with E-state index in [1.54, 1.807) is 6.08 Å². The molecule has 78 heavy (non-hydrogen) atoms. The first-order valence-corrected chi connectivity index (χ1v) is 33.3. The third kappa shape index (κ3) is 42.7. The van der Waals surface area contributed by atoms with E-state index in [4.69, 9.17) is 14.2 Å². The summed E-state index contributed by atoms with van der Waals surface area (Å²) in [7, 11) is 0. The van der Waals surface area contributed by atoms with E-state index in [0.29, 0.717) is 19.3 Å². The Kier molecular flexibility index (Phi) is 52.5. The molecule has 0 bridgehead atoms. The van der Waals surface area contributed by atoms with Gasteiger partial charge in [0.2, 0.25) is 5.91 Å². The molecule has 8 unspecified atom stereocenters. The number of aliphatic hydroxyl groups excluding tert-OH is 5. The average molecular weight is 1100 g/mol. The number of hydrogen-bond donors (Lipinski definition) is 6.